The third kappa shape index (κ3) is 2.15. The fraction of sp³-hybridized carbons (Fsp3) is 0.235. The number of nitrogens with zero attached hydrogens (tertiary/aromatic N) is 4. The number of carbonyl (C=O) groups excluding carboxylic acids is 1. The van der Waals surface area contributed by atoms with Gasteiger partial charge in [-0.2, -0.15) is 0 Å². The molecule has 0 aliphatic carbocycles. The lowest BCUT2D eigenvalue weighted by Crippen LogP contribution is -2.27. The number of benzene rings is 1. The Kier molecular flexibility index (Phi) is 3.11. The summed E-state index contributed by atoms with van der Waals surface area (Å²) in [6.07, 6.45) is 5.69. The molecule has 1 fully saturated rings. The Bertz CT molecular complexity index is 833. The van der Waals surface area contributed by atoms with Crippen LogP contribution in [0.3, 0.4) is 0 Å². The number of hydrogen-bond acceptors (Lipinski definition) is 3. The number of likely N-dealkylation sites (tertiary alicyclic amines) is 1. The van der Waals surface area contributed by atoms with Crippen molar-refractivity contribution >= 4 is 17.1 Å². The molecule has 0 atom stereocenters. The predicted octanol–water partition coefficient (Wildman–Crippen LogP) is 2.66. The summed E-state index contributed by atoms with van der Waals surface area (Å²) in [6.45, 7) is 1.72. The van der Waals surface area contributed by atoms with E-state index in [1.165, 1.54) is 0 Å². The number of pyridine rings is 1. The van der Waals surface area contributed by atoms with Crippen LogP contribution < -0.4 is 0 Å². The molecule has 1 aliphatic rings. The molecule has 0 unspecified atom stereocenters. The Morgan fingerprint density at radius 2 is 1.91 bits per heavy atom. The molecule has 0 radical (unpaired) electrons. The van der Waals surface area contributed by atoms with Gasteiger partial charge >= 0.3 is 0 Å². The number of amides is 1. The first-order valence-corrected chi connectivity index (χ1v) is 7.51. The van der Waals surface area contributed by atoms with E-state index in [-0.39, 0.29) is 5.91 Å². The molecule has 0 saturated carbocycles. The van der Waals surface area contributed by atoms with E-state index >= 15 is 0 Å². The SMILES string of the molecule is O=C(c1cccc(-n2cnc3cccnc32)c1)N1CCCC1. The fourth-order valence-electron chi connectivity index (χ4n) is 2.93. The van der Waals surface area contributed by atoms with Crippen molar-refractivity contribution in [3.05, 3.63) is 54.5 Å². The zero-order chi connectivity index (χ0) is 14.9. The van der Waals surface area contributed by atoms with Crippen LogP contribution in [-0.4, -0.2) is 38.4 Å². The molecule has 22 heavy (non-hydrogen) atoms. The second-order valence-electron chi connectivity index (χ2n) is 5.51. The van der Waals surface area contributed by atoms with Crippen molar-refractivity contribution in [3.63, 3.8) is 0 Å². The minimum Gasteiger partial charge on any atom is -0.339 e. The van der Waals surface area contributed by atoms with E-state index in [9.17, 15) is 4.79 Å². The molecule has 110 valence electrons. The number of imidazole rings is 1. The third-order valence-electron chi connectivity index (χ3n) is 4.07. The molecular formula is C17H16N4O. The third-order valence-corrected chi connectivity index (χ3v) is 4.07. The Balaban J connectivity index is 1.74. The van der Waals surface area contributed by atoms with Crippen molar-refractivity contribution < 1.29 is 4.79 Å². The van der Waals surface area contributed by atoms with Crippen LogP contribution in [0.4, 0.5) is 0 Å². The molecule has 5 heteroatoms. The minimum atomic E-state index is 0.108. The van der Waals surface area contributed by atoms with Crippen molar-refractivity contribution in [2.24, 2.45) is 0 Å². The van der Waals surface area contributed by atoms with E-state index < -0.39 is 0 Å². The highest BCUT2D eigenvalue weighted by molar-refractivity contribution is 5.95. The predicted molar refractivity (Wildman–Crippen MR) is 84.0 cm³/mol. The van der Waals surface area contributed by atoms with Gasteiger partial charge in [0.15, 0.2) is 5.65 Å². The topological polar surface area (TPSA) is 51.0 Å². The van der Waals surface area contributed by atoms with E-state index in [4.69, 9.17) is 0 Å². The second-order valence-corrected chi connectivity index (χ2v) is 5.51. The Hall–Kier alpha value is -2.69. The van der Waals surface area contributed by atoms with Gasteiger partial charge in [-0.3, -0.25) is 9.36 Å². The number of fused-ring (bicyclic) bond motifs is 1. The van der Waals surface area contributed by atoms with Gasteiger partial charge in [-0.15, -0.1) is 0 Å². The van der Waals surface area contributed by atoms with E-state index in [1.807, 2.05) is 45.9 Å². The van der Waals surface area contributed by atoms with Crippen LogP contribution in [0, 0.1) is 0 Å². The van der Waals surface area contributed by atoms with Crippen LogP contribution in [-0.2, 0) is 0 Å². The summed E-state index contributed by atoms with van der Waals surface area (Å²) in [5.41, 5.74) is 3.27. The van der Waals surface area contributed by atoms with Crippen molar-refractivity contribution in [2.45, 2.75) is 12.8 Å². The van der Waals surface area contributed by atoms with Crippen molar-refractivity contribution in [3.8, 4) is 5.69 Å². The number of aromatic nitrogens is 3. The lowest BCUT2D eigenvalue weighted by atomic mass is 10.1. The Morgan fingerprint density at radius 1 is 1.05 bits per heavy atom. The maximum Gasteiger partial charge on any atom is 0.253 e. The molecule has 5 nitrogen and oxygen atoms in total. The molecule has 1 amide bonds. The average Bonchev–Trinajstić information content (AvgIpc) is 3.24. The van der Waals surface area contributed by atoms with Crippen LogP contribution in [0.25, 0.3) is 16.9 Å². The van der Waals surface area contributed by atoms with Gasteiger partial charge in [0.2, 0.25) is 0 Å². The molecule has 0 N–H and O–H groups in total. The lowest BCUT2D eigenvalue weighted by Gasteiger charge is -2.15. The van der Waals surface area contributed by atoms with E-state index in [0.717, 1.165) is 48.3 Å². The zero-order valence-electron chi connectivity index (χ0n) is 12.1. The van der Waals surface area contributed by atoms with Gasteiger partial charge in [-0.25, -0.2) is 9.97 Å². The zero-order valence-corrected chi connectivity index (χ0v) is 12.1. The molecule has 1 aromatic carbocycles. The number of hydrogen-bond donors (Lipinski definition) is 0. The second kappa shape index (κ2) is 5.26. The summed E-state index contributed by atoms with van der Waals surface area (Å²) >= 11 is 0. The van der Waals surface area contributed by atoms with Crippen LogP contribution >= 0.6 is 0 Å². The van der Waals surface area contributed by atoms with Gasteiger partial charge in [0, 0.05) is 30.5 Å². The van der Waals surface area contributed by atoms with Gasteiger partial charge < -0.3 is 4.90 Å². The summed E-state index contributed by atoms with van der Waals surface area (Å²) in [5, 5.41) is 0. The first-order chi connectivity index (χ1) is 10.8. The summed E-state index contributed by atoms with van der Waals surface area (Å²) < 4.78 is 1.91. The Labute approximate surface area is 128 Å². The highest BCUT2D eigenvalue weighted by atomic mass is 16.2. The van der Waals surface area contributed by atoms with Crippen LogP contribution in [0.5, 0.6) is 0 Å². The lowest BCUT2D eigenvalue weighted by molar-refractivity contribution is 0.0793. The van der Waals surface area contributed by atoms with Crippen molar-refractivity contribution in [2.75, 3.05) is 13.1 Å². The van der Waals surface area contributed by atoms with E-state index in [2.05, 4.69) is 9.97 Å². The van der Waals surface area contributed by atoms with Crippen molar-refractivity contribution in [1.82, 2.24) is 19.4 Å². The van der Waals surface area contributed by atoms with Crippen LogP contribution in [0.15, 0.2) is 48.9 Å². The van der Waals surface area contributed by atoms with Crippen LogP contribution in [0.2, 0.25) is 0 Å². The maximum absolute atomic E-state index is 12.5. The molecule has 3 heterocycles. The molecule has 2 aromatic heterocycles. The van der Waals surface area contributed by atoms with Gasteiger partial charge in [0.25, 0.3) is 5.91 Å². The van der Waals surface area contributed by atoms with Crippen molar-refractivity contribution in [1.29, 1.82) is 0 Å². The molecular weight excluding hydrogens is 276 g/mol. The average molecular weight is 292 g/mol. The first kappa shape index (κ1) is 13.0. The molecule has 0 spiro atoms. The fourth-order valence-corrected chi connectivity index (χ4v) is 2.93. The minimum absolute atomic E-state index is 0.108. The number of carbonyl (C=O) groups is 1. The quantitative estimate of drug-likeness (QED) is 0.729. The van der Waals surface area contributed by atoms with Crippen LogP contribution in [0.1, 0.15) is 23.2 Å². The van der Waals surface area contributed by atoms with Gasteiger partial charge in [-0.05, 0) is 43.2 Å². The highest BCUT2D eigenvalue weighted by Gasteiger charge is 2.19. The van der Waals surface area contributed by atoms with Gasteiger partial charge in [0.05, 0.1) is 0 Å². The monoisotopic (exact) mass is 292 g/mol. The standard InChI is InChI=1S/C17H16N4O/c22-17(20-9-1-2-10-20)13-5-3-6-14(11-13)21-12-19-15-7-4-8-18-16(15)21/h3-8,11-12H,1-2,9-10H2. The highest BCUT2D eigenvalue weighted by Crippen LogP contribution is 2.19. The molecule has 3 aromatic rings. The number of rotatable bonds is 2. The molecule has 4 rings (SSSR count). The summed E-state index contributed by atoms with van der Waals surface area (Å²) in [6, 6.07) is 11.5. The summed E-state index contributed by atoms with van der Waals surface area (Å²) in [4.78, 5) is 23.2. The molecule has 1 aliphatic heterocycles. The summed E-state index contributed by atoms with van der Waals surface area (Å²) in [5.74, 6) is 0.108. The van der Waals surface area contributed by atoms with E-state index in [0.29, 0.717) is 0 Å². The largest absolute Gasteiger partial charge is 0.339 e. The maximum atomic E-state index is 12.5. The normalized spacial score (nSPS) is 14.6. The van der Waals surface area contributed by atoms with Gasteiger partial charge in [-0.1, -0.05) is 6.07 Å². The van der Waals surface area contributed by atoms with Gasteiger partial charge in [0.1, 0.15) is 11.8 Å². The smallest absolute Gasteiger partial charge is 0.253 e. The van der Waals surface area contributed by atoms with E-state index in [1.54, 1.807) is 12.5 Å². The Morgan fingerprint density at radius 3 is 2.77 bits per heavy atom. The molecule has 0 bridgehead atoms. The molecule has 1 saturated heterocycles. The summed E-state index contributed by atoms with van der Waals surface area (Å²) in [7, 11) is 0. The first-order valence-electron chi connectivity index (χ1n) is 7.51.